The van der Waals surface area contributed by atoms with Crippen LogP contribution in [0, 0.1) is 0 Å². The maximum Gasteiger partial charge on any atom is 0.161 e. The normalized spacial score (nSPS) is 11.8. The summed E-state index contributed by atoms with van der Waals surface area (Å²) in [4.78, 5) is 0. The summed E-state index contributed by atoms with van der Waals surface area (Å²) in [6.07, 6.45) is 0.820. The van der Waals surface area contributed by atoms with Crippen molar-refractivity contribution in [3.8, 4) is 17.2 Å². The summed E-state index contributed by atoms with van der Waals surface area (Å²) >= 11 is 0. The molecule has 0 aliphatic rings. The molecule has 124 valence electrons. The molecule has 0 spiro atoms. The monoisotopic (exact) mass is 315 g/mol. The highest BCUT2D eigenvalue weighted by atomic mass is 16.5. The Bertz CT molecular complexity index is 628. The van der Waals surface area contributed by atoms with Crippen molar-refractivity contribution in [3.05, 3.63) is 53.6 Å². The Morgan fingerprint density at radius 2 is 1.70 bits per heavy atom. The van der Waals surface area contributed by atoms with Crippen molar-refractivity contribution < 1.29 is 14.2 Å². The first-order valence-corrected chi connectivity index (χ1v) is 7.86. The number of para-hydroxylation sites is 1. The lowest BCUT2D eigenvalue weighted by molar-refractivity contribution is 0.310. The minimum Gasteiger partial charge on any atom is -0.496 e. The van der Waals surface area contributed by atoms with Gasteiger partial charge in [0, 0.05) is 5.92 Å². The molecule has 4 heteroatoms. The van der Waals surface area contributed by atoms with Gasteiger partial charge in [-0.3, -0.25) is 0 Å². The Labute approximate surface area is 138 Å². The predicted octanol–water partition coefficient (Wildman–Crippen LogP) is 3.39. The third kappa shape index (κ3) is 4.17. The van der Waals surface area contributed by atoms with Crippen LogP contribution in [0.5, 0.6) is 17.2 Å². The molecule has 2 aromatic carbocycles. The molecule has 2 rings (SSSR count). The standard InChI is InChI=1S/C19H25NO3/c1-4-23-19-12-14(9-10-18(19)22-3)11-15(13-20)16-7-5-6-8-17(16)21-2/h5-10,12,15H,4,11,13,20H2,1-3H3. The number of hydrogen-bond acceptors (Lipinski definition) is 4. The molecule has 4 nitrogen and oxygen atoms in total. The molecule has 0 bridgehead atoms. The van der Waals surface area contributed by atoms with Crippen molar-refractivity contribution in [1.29, 1.82) is 0 Å². The van der Waals surface area contributed by atoms with Gasteiger partial charge in [-0.25, -0.2) is 0 Å². The average molecular weight is 315 g/mol. The van der Waals surface area contributed by atoms with E-state index in [-0.39, 0.29) is 5.92 Å². The summed E-state index contributed by atoms with van der Waals surface area (Å²) in [7, 11) is 3.34. The lowest BCUT2D eigenvalue weighted by Gasteiger charge is -2.19. The second-order valence-corrected chi connectivity index (χ2v) is 5.30. The van der Waals surface area contributed by atoms with E-state index in [4.69, 9.17) is 19.9 Å². The Morgan fingerprint density at radius 3 is 2.35 bits per heavy atom. The van der Waals surface area contributed by atoms with Crippen molar-refractivity contribution in [2.75, 3.05) is 27.4 Å². The van der Waals surface area contributed by atoms with Crippen molar-refractivity contribution >= 4 is 0 Å². The molecule has 0 amide bonds. The fraction of sp³-hybridized carbons (Fsp3) is 0.368. The summed E-state index contributed by atoms with van der Waals surface area (Å²) in [6, 6.07) is 14.0. The summed E-state index contributed by atoms with van der Waals surface area (Å²) in [6.45, 7) is 3.12. The van der Waals surface area contributed by atoms with E-state index in [2.05, 4.69) is 12.1 Å². The van der Waals surface area contributed by atoms with Gasteiger partial charge >= 0.3 is 0 Å². The van der Waals surface area contributed by atoms with Crippen LogP contribution in [-0.4, -0.2) is 27.4 Å². The molecule has 0 aromatic heterocycles. The Hall–Kier alpha value is -2.20. The minimum atomic E-state index is 0.189. The lowest BCUT2D eigenvalue weighted by atomic mass is 9.91. The predicted molar refractivity (Wildman–Crippen MR) is 92.7 cm³/mol. The molecule has 0 aliphatic carbocycles. The van der Waals surface area contributed by atoms with Gasteiger partial charge in [-0.1, -0.05) is 24.3 Å². The van der Waals surface area contributed by atoms with Gasteiger partial charge in [-0.15, -0.1) is 0 Å². The Kier molecular flexibility index (Phi) is 6.29. The van der Waals surface area contributed by atoms with E-state index < -0.39 is 0 Å². The van der Waals surface area contributed by atoms with Gasteiger partial charge in [0.25, 0.3) is 0 Å². The van der Waals surface area contributed by atoms with Crippen LogP contribution in [0.25, 0.3) is 0 Å². The molecule has 0 aliphatic heterocycles. The Morgan fingerprint density at radius 1 is 0.957 bits per heavy atom. The van der Waals surface area contributed by atoms with E-state index >= 15 is 0 Å². The largest absolute Gasteiger partial charge is 0.496 e. The van der Waals surface area contributed by atoms with Crippen LogP contribution in [0.4, 0.5) is 0 Å². The summed E-state index contributed by atoms with van der Waals surface area (Å²) in [5.41, 5.74) is 8.31. The second-order valence-electron chi connectivity index (χ2n) is 5.30. The average Bonchev–Trinajstić information content (AvgIpc) is 2.60. The molecule has 2 N–H and O–H groups in total. The molecule has 0 saturated carbocycles. The maximum absolute atomic E-state index is 6.02. The molecule has 0 fully saturated rings. The highest BCUT2D eigenvalue weighted by Gasteiger charge is 2.16. The topological polar surface area (TPSA) is 53.7 Å². The number of rotatable bonds is 8. The molecule has 0 heterocycles. The first-order chi connectivity index (χ1) is 11.2. The third-order valence-electron chi connectivity index (χ3n) is 3.87. The van der Waals surface area contributed by atoms with E-state index in [1.165, 1.54) is 0 Å². The Balaban J connectivity index is 2.26. The van der Waals surface area contributed by atoms with Crippen LogP contribution in [0.2, 0.25) is 0 Å². The summed E-state index contributed by atoms with van der Waals surface area (Å²) in [5, 5.41) is 0. The second kappa shape index (κ2) is 8.44. The van der Waals surface area contributed by atoms with Crippen molar-refractivity contribution in [2.45, 2.75) is 19.3 Å². The zero-order chi connectivity index (χ0) is 16.7. The fourth-order valence-electron chi connectivity index (χ4n) is 2.72. The number of ether oxygens (including phenoxy) is 3. The molecule has 2 aromatic rings. The van der Waals surface area contributed by atoms with Gasteiger partial charge in [0.1, 0.15) is 5.75 Å². The van der Waals surface area contributed by atoms with Crippen molar-refractivity contribution in [2.24, 2.45) is 5.73 Å². The van der Waals surface area contributed by atoms with Crippen LogP contribution < -0.4 is 19.9 Å². The zero-order valence-corrected chi connectivity index (χ0v) is 14.0. The van der Waals surface area contributed by atoms with Crippen molar-refractivity contribution in [3.63, 3.8) is 0 Å². The van der Waals surface area contributed by atoms with E-state index in [1.807, 2.05) is 37.3 Å². The highest BCUT2D eigenvalue weighted by molar-refractivity contribution is 5.44. The number of benzene rings is 2. The molecular weight excluding hydrogens is 290 g/mol. The fourth-order valence-corrected chi connectivity index (χ4v) is 2.72. The first-order valence-electron chi connectivity index (χ1n) is 7.86. The SMILES string of the molecule is CCOc1cc(CC(CN)c2ccccc2OC)ccc1OC. The van der Waals surface area contributed by atoms with Gasteiger partial charge in [-0.2, -0.15) is 0 Å². The van der Waals surface area contributed by atoms with Crippen LogP contribution in [0.15, 0.2) is 42.5 Å². The molecule has 0 radical (unpaired) electrons. The van der Waals surface area contributed by atoms with E-state index in [0.717, 1.165) is 34.8 Å². The van der Waals surface area contributed by atoms with Crippen LogP contribution in [-0.2, 0) is 6.42 Å². The van der Waals surface area contributed by atoms with E-state index in [0.29, 0.717) is 13.2 Å². The van der Waals surface area contributed by atoms with Gasteiger partial charge in [0.2, 0.25) is 0 Å². The van der Waals surface area contributed by atoms with E-state index in [9.17, 15) is 0 Å². The van der Waals surface area contributed by atoms with Crippen LogP contribution in [0.3, 0.4) is 0 Å². The molecule has 1 atom stereocenters. The maximum atomic E-state index is 6.02. The van der Waals surface area contributed by atoms with Crippen molar-refractivity contribution in [1.82, 2.24) is 0 Å². The number of nitrogens with two attached hydrogens (primary N) is 1. The highest BCUT2D eigenvalue weighted by Crippen LogP contribution is 2.32. The number of methoxy groups -OCH3 is 2. The summed E-state index contributed by atoms with van der Waals surface area (Å²) in [5.74, 6) is 2.58. The lowest BCUT2D eigenvalue weighted by Crippen LogP contribution is -2.16. The summed E-state index contributed by atoms with van der Waals surface area (Å²) < 4.78 is 16.5. The molecule has 0 saturated heterocycles. The smallest absolute Gasteiger partial charge is 0.161 e. The van der Waals surface area contributed by atoms with E-state index in [1.54, 1.807) is 14.2 Å². The molecular formula is C19H25NO3. The van der Waals surface area contributed by atoms with Gasteiger partial charge < -0.3 is 19.9 Å². The zero-order valence-electron chi connectivity index (χ0n) is 14.0. The minimum absolute atomic E-state index is 0.189. The molecule has 23 heavy (non-hydrogen) atoms. The number of hydrogen-bond donors (Lipinski definition) is 1. The van der Waals surface area contributed by atoms with Gasteiger partial charge in [0.05, 0.1) is 20.8 Å². The van der Waals surface area contributed by atoms with Crippen LogP contribution in [0.1, 0.15) is 24.0 Å². The van der Waals surface area contributed by atoms with Gasteiger partial charge in [-0.05, 0) is 49.2 Å². The first kappa shape index (κ1) is 17.2. The third-order valence-corrected chi connectivity index (χ3v) is 3.87. The van der Waals surface area contributed by atoms with Crippen LogP contribution >= 0.6 is 0 Å². The quantitative estimate of drug-likeness (QED) is 0.811. The van der Waals surface area contributed by atoms with Gasteiger partial charge in [0.15, 0.2) is 11.5 Å². The molecule has 1 unspecified atom stereocenters.